The number of hydrogen-bond donors (Lipinski definition) is 1. The minimum absolute atomic E-state index is 0.167. The fourth-order valence-electron chi connectivity index (χ4n) is 2.76. The Morgan fingerprint density at radius 2 is 2.08 bits per heavy atom. The van der Waals surface area contributed by atoms with E-state index >= 15 is 0 Å². The predicted molar refractivity (Wildman–Crippen MR) is 101 cm³/mol. The zero-order chi connectivity index (χ0) is 17.1. The number of anilines is 1. The van der Waals surface area contributed by atoms with Gasteiger partial charge in [-0.1, -0.05) is 24.0 Å². The Hall–Kier alpha value is -1.86. The fraction of sp³-hybridized carbons (Fsp3) is 0.353. The number of fused-ring (bicyclic) bond motifs is 1. The van der Waals surface area contributed by atoms with Gasteiger partial charge in [-0.05, 0) is 30.5 Å². The number of hydrogen-bond acceptors (Lipinski definition) is 5. The average molecular weight is 362 g/mol. The number of nitrogens with zero attached hydrogens (tertiary/aromatic N) is 1. The molecule has 24 heavy (non-hydrogen) atoms. The molecule has 0 saturated carbocycles. The molecule has 1 N–H and O–H groups in total. The zero-order valence-electron chi connectivity index (χ0n) is 13.3. The topological polar surface area (TPSA) is 62.6 Å². The Labute approximate surface area is 149 Å². The van der Waals surface area contributed by atoms with Crippen molar-refractivity contribution in [1.82, 2.24) is 4.90 Å². The maximum atomic E-state index is 11.8. The Morgan fingerprint density at radius 1 is 1.33 bits per heavy atom. The third-order valence-corrected chi connectivity index (χ3v) is 5.44. The maximum Gasteiger partial charge on any atom is 0.336 e. The van der Waals surface area contributed by atoms with Gasteiger partial charge in [-0.2, -0.15) is 0 Å². The Balaban J connectivity index is 1.83. The Kier molecular flexibility index (Phi) is 5.20. The van der Waals surface area contributed by atoms with Gasteiger partial charge in [-0.15, -0.1) is 0 Å². The summed E-state index contributed by atoms with van der Waals surface area (Å²) < 4.78 is 6.15. The summed E-state index contributed by atoms with van der Waals surface area (Å²) in [7, 11) is 0. The molecule has 5 nitrogen and oxygen atoms in total. The smallest absolute Gasteiger partial charge is 0.336 e. The van der Waals surface area contributed by atoms with E-state index in [1.165, 1.54) is 25.8 Å². The van der Waals surface area contributed by atoms with Gasteiger partial charge in [-0.25, -0.2) is 4.79 Å². The first-order valence-corrected chi connectivity index (χ1v) is 9.18. The van der Waals surface area contributed by atoms with Crippen molar-refractivity contribution < 1.29 is 9.21 Å². The van der Waals surface area contributed by atoms with Crippen LogP contribution in [0.2, 0.25) is 0 Å². The van der Waals surface area contributed by atoms with E-state index in [2.05, 4.69) is 10.2 Å². The highest BCUT2D eigenvalue weighted by Gasteiger charge is 2.16. The number of thiocarbonyl (C=S) groups is 1. The summed E-state index contributed by atoms with van der Waals surface area (Å²) in [5.74, 6) is 0.455. The standard InChI is InChI=1S/C17H18N2O3S2/c1-11(20)18-13-4-5-14-12(8-16(21)22-15(14)9-13)10-24-17(23)19-6-2-3-7-19/h4-5,8-9H,2-3,6-7,10H2,1H3,(H,18,20). The summed E-state index contributed by atoms with van der Waals surface area (Å²) in [5.41, 5.74) is 1.57. The molecule has 7 heteroatoms. The minimum atomic E-state index is -0.398. The fourth-order valence-corrected chi connectivity index (χ4v) is 4.00. The number of thioether (sulfide) groups is 1. The monoisotopic (exact) mass is 362 g/mol. The molecule has 1 aliphatic heterocycles. The lowest BCUT2D eigenvalue weighted by Crippen LogP contribution is -2.23. The van der Waals surface area contributed by atoms with Gasteiger partial charge in [0.05, 0.1) is 0 Å². The summed E-state index contributed by atoms with van der Waals surface area (Å²) in [6.07, 6.45) is 2.37. The van der Waals surface area contributed by atoms with Crippen molar-refractivity contribution in [2.45, 2.75) is 25.5 Å². The van der Waals surface area contributed by atoms with Gasteiger partial charge in [0.15, 0.2) is 0 Å². The van der Waals surface area contributed by atoms with Crippen molar-refractivity contribution in [3.05, 3.63) is 40.2 Å². The predicted octanol–water partition coefficient (Wildman–Crippen LogP) is 3.37. The quantitative estimate of drug-likeness (QED) is 0.667. The highest BCUT2D eigenvalue weighted by molar-refractivity contribution is 8.22. The van der Waals surface area contributed by atoms with Crippen LogP contribution in [0, 0.1) is 0 Å². The number of rotatable bonds is 3. The van der Waals surface area contributed by atoms with Gasteiger partial charge in [-0.3, -0.25) is 4.79 Å². The van der Waals surface area contributed by atoms with Crippen molar-refractivity contribution in [2.75, 3.05) is 18.4 Å². The molecule has 3 rings (SSSR count). The SMILES string of the molecule is CC(=O)Nc1ccc2c(CSC(=S)N3CCCC3)cc(=O)oc2c1. The van der Waals surface area contributed by atoms with Gasteiger partial charge in [0.1, 0.15) is 9.90 Å². The van der Waals surface area contributed by atoms with Crippen LogP contribution in [0.5, 0.6) is 0 Å². The van der Waals surface area contributed by atoms with E-state index in [1.54, 1.807) is 23.9 Å². The van der Waals surface area contributed by atoms with Crippen LogP contribution in [0.25, 0.3) is 11.0 Å². The Morgan fingerprint density at radius 3 is 2.79 bits per heavy atom. The third kappa shape index (κ3) is 3.96. The van der Waals surface area contributed by atoms with E-state index in [9.17, 15) is 9.59 Å². The molecular weight excluding hydrogens is 344 g/mol. The van der Waals surface area contributed by atoms with E-state index in [0.717, 1.165) is 28.4 Å². The molecule has 1 fully saturated rings. The molecule has 0 radical (unpaired) electrons. The molecule has 1 amide bonds. The van der Waals surface area contributed by atoms with Crippen molar-refractivity contribution in [1.29, 1.82) is 0 Å². The number of carbonyl (C=O) groups excluding carboxylic acids is 1. The van der Waals surface area contributed by atoms with Crippen LogP contribution in [0.3, 0.4) is 0 Å². The van der Waals surface area contributed by atoms with E-state index < -0.39 is 5.63 Å². The molecule has 2 heterocycles. The van der Waals surface area contributed by atoms with Crippen molar-refractivity contribution >= 4 is 50.9 Å². The van der Waals surface area contributed by atoms with Crippen molar-refractivity contribution in [3.63, 3.8) is 0 Å². The van der Waals surface area contributed by atoms with Crippen molar-refractivity contribution in [2.24, 2.45) is 0 Å². The van der Waals surface area contributed by atoms with Gasteiger partial charge in [0.2, 0.25) is 5.91 Å². The van der Waals surface area contributed by atoms with Crippen LogP contribution < -0.4 is 10.9 Å². The van der Waals surface area contributed by atoms with Crippen LogP contribution in [-0.4, -0.2) is 28.2 Å². The van der Waals surface area contributed by atoms with Crippen LogP contribution in [-0.2, 0) is 10.5 Å². The lowest BCUT2D eigenvalue weighted by atomic mass is 10.1. The molecule has 1 aliphatic rings. The first kappa shape index (κ1) is 17.0. The van der Waals surface area contributed by atoms with Crippen LogP contribution in [0.15, 0.2) is 33.5 Å². The first-order valence-electron chi connectivity index (χ1n) is 7.79. The van der Waals surface area contributed by atoms with E-state index in [4.69, 9.17) is 16.6 Å². The molecule has 0 aliphatic carbocycles. The lowest BCUT2D eigenvalue weighted by Gasteiger charge is -2.17. The second-order valence-electron chi connectivity index (χ2n) is 5.73. The zero-order valence-corrected chi connectivity index (χ0v) is 15.0. The molecule has 0 spiro atoms. The van der Waals surface area contributed by atoms with E-state index in [1.807, 2.05) is 6.07 Å². The third-order valence-electron chi connectivity index (χ3n) is 3.87. The van der Waals surface area contributed by atoms with E-state index in [0.29, 0.717) is 17.0 Å². The first-order chi connectivity index (χ1) is 11.5. The number of benzene rings is 1. The van der Waals surface area contributed by atoms with Gasteiger partial charge < -0.3 is 14.6 Å². The van der Waals surface area contributed by atoms with Crippen LogP contribution >= 0.6 is 24.0 Å². The normalized spacial score (nSPS) is 14.1. The maximum absolute atomic E-state index is 11.8. The molecule has 2 aromatic rings. The average Bonchev–Trinajstić information content (AvgIpc) is 3.05. The number of carbonyl (C=O) groups is 1. The van der Waals surface area contributed by atoms with Crippen LogP contribution in [0.4, 0.5) is 5.69 Å². The second-order valence-corrected chi connectivity index (χ2v) is 7.34. The molecule has 1 aromatic heterocycles. The summed E-state index contributed by atoms with van der Waals surface area (Å²) >= 11 is 7.05. The number of likely N-dealkylation sites (tertiary alicyclic amines) is 1. The highest BCUT2D eigenvalue weighted by atomic mass is 32.2. The molecule has 126 valence electrons. The summed E-state index contributed by atoms with van der Waals surface area (Å²) in [4.78, 5) is 25.2. The van der Waals surface area contributed by atoms with Gasteiger partial charge in [0.25, 0.3) is 0 Å². The number of nitrogens with one attached hydrogen (secondary N) is 1. The largest absolute Gasteiger partial charge is 0.423 e. The summed E-state index contributed by atoms with van der Waals surface area (Å²) in [6, 6.07) is 6.85. The second kappa shape index (κ2) is 7.36. The molecule has 0 unspecified atom stereocenters. The summed E-state index contributed by atoms with van der Waals surface area (Å²) in [6.45, 7) is 3.47. The number of amides is 1. The Bertz CT molecular complexity index is 841. The molecule has 1 saturated heterocycles. The lowest BCUT2D eigenvalue weighted by molar-refractivity contribution is -0.114. The molecule has 1 aromatic carbocycles. The molecular formula is C17H18N2O3S2. The van der Waals surface area contributed by atoms with Gasteiger partial charge in [0, 0.05) is 49.0 Å². The van der Waals surface area contributed by atoms with Gasteiger partial charge >= 0.3 is 5.63 Å². The highest BCUT2D eigenvalue weighted by Crippen LogP contribution is 2.26. The van der Waals surface area contributed by atoms with Crippen molar-refractivity contribution in [3.8, 4) is 0 Å². The molecule has 0 atom stereocenters. The van der Waals surface area contributed by atoms with E-state index in [-0.39, 0.29) is 5.91 Å². The van der Waals surface area contributed by atoms with Crippen LogP contribution in [0.1, 0.15) is 25.3 Å². The summed E-state index contributed by atoms with van der Waals surface area (Å²) in [5, 5.41) is 3.55. The molecule has 0 bridgehead atoms. The minimum Gasteiger partial charge on any atom is -0.423 e.